The normalized spacial score (nSPS) is 23.6. The zero-order chi connectivity index (χ0) is 12.3. The van der Waals surface area contributed by atoms with Crippen molar-refractivity contribution in [2.45, 2.75) is 24.5 Å². The van der Waals surface area contributed by atoms with Gasteiger partial charge in [-0.25, -0.2) is 9.78 Å². The summed E-state index contributed by atoms with van der Waals surface area (Å²) in [7, 11) is 0. The fourth-order valence-corrected chi connectivity index (χ4v) is 3.15. The van der Waals surface area contributed by atoms with Crippen LogP contribution in [0.4, 0.5) is 5.82 Å². The van der Waals surface area contributed by atoms with Crippen LogP contribution in [0.5, 0.6) is 0 Å². The van der Waals surface area contributed by atoms with E-state index in [1.165, 1.54) is 24.7 Å². The maximum atomic E-state index is 10.8. The topological polar surface area (TPSA) is 62.2 Å². The second-order valence-electron chi connectivity index (χ2n) is 4.47. The van der Waals surface area contributed by atoms with Crippen LogP contribution in [0.3, 0.4) is 0 Å². The van der Waals surface area contributed by atoms with Gasteiger partial charge in [0.1, 0.15) is 5.82 Å². The molecule has 0 bridgehead atoms. The molecular weight excluding hydrogens is 236 g/mol. The summed E-state index contributed by atoms with van der Waals surface area (Å²) in [6.07, 6.45) is 2.45. The van der Waals surface area contributed by atoms with Gasteiger partial charge in [0.2, 0.25) is 0 Å². The largest absolute Gasteiger partial charge is 0.477 e. The molecule has 2 heterocycles. The Morgan fingerprint density at radius 1 is 1.65 bits per heavy atom. The second kappa shape index (κ2) is 4.96. The molecule has 0 spiro atoms. The molecule has 0 saturated carbocycles. The first-order chi connectivity index (χ1) is 8.09. The smallest absolute Gasteiger partial charge is 0.354 e. The predicted octanol–water partition coefficient (Wildman–Crippen LogP) is 2.48. The van der Waals surface area contributed by atoms with E-state index in [1.54, 1.807) is 12.1 Å². The molecule has 1 unspecified atom stereocenters. The van der Waals surface area contributed by atoms with Gasteiger partial charge in [-0.05, 0) is 37.7 Å². The minimum absolute atomic E-state index is 0.0826. The number of thioether (sulfide) groups is 1. The van der Waals surface area contributed by atoms with Crippen molar-refractivity contribution < 1.29 is 9.90 Å². The van der Waals surface area contributed by atoms with Crippen LogP contribution >= 0.6 is 11.8 Å². The van der Waals surface area contributed by atoms with Gasteiger partial charge in [-0.15, -0.1) is 0 Å². The van der Waals surface area contributed by atoms with Crippen molar-refractivity contribution in [2.24, 2.45) is 0 Å². The lowest BCUT2D eigenvalue weighted by atomic mass is 10.1. The van der Waals surface area contributed by atoms with Gasteiger partial charge in [0.15, 0.2) is 5.69 Å². The highest BCUT2D eigenvalue weighted by Gasteiger charge is 2.29. The Bertz CT molecular complexity index is 417. The molecule has 17 heavy (non-hydrogen) atoms. The highest BCUT2D eigenvalue weighted by atomic mass is 32.2. The Kier molecular flexibility index (Phi) is 3.57. The zero-order valence-electron chi connectivity index (χ0n) is 9.77. The molecule has 0 aromatic carbocycles. The summed E-state index contributed by atoms with van der Waals surface area (Å²) in [5, 5.41) is 12.1. The summed E-state index contributed by atoms with van der Waals surface area (Å²) in [6, 6.07) is 5.01. The summed E-state index contributed by atoms with van der Waals surface area (Å²) in [6.45, 7) is 3.06. The van der Waals surface area contributed by atoms with E-state index in [2.05, 4.69) is 17.2 Å². The monoisotopic (exact) mass is 252 g/mol. The second-order valence-corrected chi connectivity index (χ2v) is 6.15. The number of aromatic nitrogens is 1. The van der Waals surface area contributed by atoms with Gasteiger partial charge in [0.05, 0.1) is 0 Å². The van der Waals surface area contributed by atoms with Crippen molar-refractivity contribution in [1.82, 2.24) is 4.98 Å². The van der Waals surface area contributed by atoms with Crippen LogP contribution in [0.15, 0.2) is 18.2 Å². The minimum Gasteiger partial charge on any atom is -0.477 e. The Morgan fingerprint density at radius 2 is 2.47 bits per heavy atom. The van der Waals surface area contributed by atoms with Crippen molar-refractivity contribution in [3.63, 3.8) is 0 Å². The molecule has 2 N–H and O–H groups in total. The van der Waals surface area contributed by atoms with E-state index in [1.807, 2.05) is 11.8 Å². The molecule has 1 atom stereocenters. The van der Waals surface area contributed by atoms with Gasteiger partial charge < -0.3 is 10.4 Å². The molecule has 0 aliphatic carbocycles. The molecule has 1 saturated heterocycles. The first-order valence-electron chi connectivity index (χ1n) is 5.67. The van der Waals surface area contributed by atoms with Gasteiger partial charge in [0.25, 0.3) is 0 Å². The number of hydrogen-bond acceptors (Lipinski definition) is 4. The zero-order valence-corrected chi connectivity index (χ0v) is 10.6. The highest BCUT2D eigenvalue weighted by molar-refractivity contribution is 8.00. The van der Waals surface area contributed by atoms with Crippen LogP contribution in [0, 0.1) is 0 Å². The van der Waals surface area contributed by atoms with Crippen LogP contribution in [-0.2, 0) is 0 Å². The first-order valence-corrected chi connectivity index (χ1v) is 6.66. The van der Waals surface area contributed by atoms with Gasteiger partial charge in [0, 0.05) is 11.3 Å². The number of carboxylic acids is 1. The molecular formula is C12H16N2O2S. The number of anilines is 1. The molecule has 4 nitrogen and oxygen atoms in total. The van der Waals surface area contributed by atoms with Crippen LogP contribution in [0.2, 0.25) is 0 Å². The number of rotatable bonds is 4. The van der Waals surface area contributed by atoms with E-state index in [9.17, 15) is 4.79 Å². The lowest BCUT2D eigenvalue weighted by Crippen LogP contribution is -2.27. The standard InChI is InChI=1S/C12H16N2O2S/c1-12(6-3-7-17-12)8-13-10-5-2-4-9(14-10)11(15)16/h2,4-5H,3,6-8H2,1H3,(H,13,14)(H,15,16). The van der Waals surface area contributed by atoms with E-state index in [-0.39, 0.29) is 10.4 Å². The van der Waals surface area contributed by atoms with Gasteiger partial charge >= 0.3 is 5.97 Å². The number of carbonyl (C=O) groups is 1. The Labute approximate surface area is 105 Å². The first kappa shape index (κ1) is 12.2. The van der Waals surface area contributed by atoms with Crippen molar-refractivity contribution in [3.05, 3.63) is 23.9 Å². The number of nitrogens with zero attached hydrogens (tertiary/aromatic N) is 1. The fraction of sp³-hybridized carbons (Fsp3) is 0.500. The maximum Gasteiger partial charge on any atom is 0.354 e. The van der Waals surface area contributed by atoms with E-state index in [0.717, 1.165) is 6.54 Å². The maximum absolute atomic E-state index is 10.8. The SMILES string of the molecule is CC1(CNc2cccc(C(=O)O)n2)CCCS1. The Morgan fingerprint density at radius 3 is 3.12 bits per heavy atom. The molecule has 1 aromatic rings. The molecule has 0 amide bonds. The number of nitrogens with one attached hydrogen (secondary N) is 1. The molecule has 2 rings (SSSR count). The number of aromatic carboxylic acids is 1. The third kappa shape index (κ3) is 3.12. The number of pyridine rings is 1. The molecule has 1 aliphatic heterocycles. The average molecular weight is 252 g/mol. The number of carboxylic acid groups (broad SMARTS) is 1. The molecule has 1 aliphatic rings. The van der Waals surface area contributed by atoms with Crippen molar-refractivity contribution in [1.29, 1.82) is 0 Å². The summed E-state index contributed by atoms with van der Waals surface area (Å²) < 4.78 is 0.251. The van der Waals surface area contributed by atoms with E-state index < -0.39 is 5.97 Å². The molecule has 1 fully saturated rings. The van der Waals surface area contributed by atoms with Crippen LogP contribution in [0.25, 0.3) is 0 Å². The minimum atomic E-state index is -0.991. The van der Waals surface area contributed by atoms with E-state index in [4.69, 9.17) is 5.11 Å². The third-order valence-electron chi connectivity index (χ3n) is 2.91. The lowest BCUT2D eigenvalue weighted by molar-refractivity contribution is 0.0690. The van der Waals surface area contributed by atoms with Crippen LogP contribution in [-0.4, -0.2) is 33.1 Å². The number of hydrogen-bond donors (Lipinski definition) is 2. The fourth-order valence-electron chi connectivity index (χ4n) is 1.91. The summed E-state index contributed by atoms with van der Waals surface area (Å²) >= 11 is 1.97. The molecule has 92 valence electrons. The van der Waals surface area contributed by atoms with Crippen molar-refractivity contribution >= 4 is 23.5 Å². The van der Waals surface area contributed by atoms with Gasteiger partial charge in [-0.1, -0.05) is 6.07 Å². The summed E-state index contributed by atoms with van der Waals surface area (Å²) in [5.41, 5.74) is 0.0826. The van der Waals surface area contributed by atoms with E-state index in [0.29, 0.717) is 5.82 Å². The predicted molar refractivity (Wildman–Crippen MR) is 69.8 cm³/mol. The van der Waals surface area contributed by atoms with Crippen molar-refractivity contribution in [2.75, 3.05) is 17.6 Å². The van der Waals surface area contributed by atoms with Gasteiger partial charge in [-0.2, -0.15) is 11.8 Å². The molecule has 1 aromatic heterocycles. The lowest BCUT2D eigenvalue weighted by Gasteiger charge is -2.23. The highest BCUT2D eigenvalue weighted by Crippen LogP contribution is 2.37. The summed E-state index contributed by atoms with van der Waals surface area (Å²) in [4.78, 5) is 14.8. The van der Waals surface area contributed by atoms with E-state index >= 15 is 0 Å². The van der Waals surface area contributed by atoms with Gasteiger partial charge in [-0.3, -0.25) is 0 Å². The molecule has 0 radical (unpaired) electrons. The Balaban J connectivity index is 1.99. The third-order valence-corrected chi connectivity index (χ3v) is 4.45. The molecule has 5 heteroatoms. The van der Waals surface area contributed by atoms with Crippen LogP contribution < -0.4 is 5.32 Å². The Hall–Kier alpha value is -1.23. The average Bonchev–Trinajstić information content (AvgIpc) is 2.75. The van der Waals surface area contributed by atoms with Crippen LogP contribution in [0.1, 0.15) is 30.3 Å². The quantitative estimate of drug-likeness (QED) is 0.862. The van der Waals surface area contributed by atoms with Crippen molar-refractivity contribution in [3.8, 4) is 0 Å². The summed E-state index contributed by atoms with van der Waals surface area (Å²) in [5.74, 6) is 0.856.